The maximum Gasteiger partial charge on any atom is 0.416 e. The van der Waals surface area contributed by atoms with Gasteiger partial charge in [-0.25, -0.2) is 18.4 Å². The van der Waals surface area contributed by atoms with Crippen molar-refractivity contribution in [2.75, 3.05) is 0 Å². The standard InChI is InChI=1S/C23H17F3N2O2S/c1-15-9-11-18(12-10-15)31(29,30)14-21-27-20-8-3-2-7-19(20)22(28-21)16-5-4-6-17(13-16)23(24,25)26/h2-13H,14H2,1H3. The number of rotatable bonds is 4. The number of hydrogen-bond acceptors (Lipinski definition) is 4. The Hall–Kier alpha value is -3.26. The van der Waals surface area contributed by atoms with Crippen molar-refractivity contribution >= 4 is 20.7 Å². The van der Waals surface area contributed by atoms with Crippen molar-refractivity contribution in [1.29, 1.82) is 0 Å². The maximum atomic E-state index is 13.2. The number of benzene rings is 3. The third-order valence-corrected chi connectivity index (χ3v) is 6.44. The van der Waals surface area contributed by atoms with E-state index < -0.39 is 27.3 Å². The summed E-state index contributed by atoms with van der Waals surface area (Å²) in [4.78, 5) is 8.85. The molecule has 0 amide bonds. The van der Waals surface area contributed by atoms with Crippen LogP contribution in [0.3, 0.4) is 0 Å². The average molecular weight is 442 g/mol. The Labute approximate surface area is 177 Å². The third kappa shape index (κ3) is 4.44. The van der Waals surface area contributed by atoms with Gasteiger partial charge in [0.1, 0.15) is 11.6 Å². The first-order valence-corrected chi connectivity index (χ1v) is 11.0. The quantitative estimate of drug-likeness (QED) is 0.413. The Morgan fingerprint density at radius 2 is 1.58 bits per heavy atom. The molecule has 0 saturated carbocycles. The van der Waals surface area contributed by atoms with Crippen molar-refractivity contribution in [3.8, 4) is 11.3 Å². The van der Waals surface area contributed by atoms with Gasteiger partial charge in [-0.1, -0.05) is 48.0 Å². The van der Waals surface area contributed by atoms with Crippen molar-refractivity contribution in [2.45, 2.75) is 23.7 Å². The lowest BCUT2D eigenvalue weighted by molar-refractivity contribution is -0.137. The van der Waals surface area contributed by atoms with Gasteiger partial charge >= 0.3 is 6.18 Å². The molecule has 0 radical (unpaired) electrons. The van der Waals surface area contributed by atoms with Crippen LogP contribution in [0.4, 0.5) is 13.2 Å². The number of nitrogens with zero attached hydrogens (tertiary/aromatic N) is 2. The van der Waals surface area contributed by atoms with Gasteiger partial charge < -0.3 is 0 Å². The first-order chi connectivity index (χ1) is 14.6. The van der Waals surface area contributed by atoms with Gasteiger partial charge in [-0.3, -0.25) is 0 Å². The molecular formula is C23H17F3N2O2S. The minimum absolute atomic E-state index is 0.0201. The van der Waals surface area contributed by atoms with Gasteiger partial charge in [-0.15, -0.1) is 0 Å². The maximum absolute atomic E-state index is 13.2. The molecule has 0 saturated heterocycles. The average Bonchev–Trinajstić information content (AvgIpc) is 2.72. The molecule has 31 heavy (non-hydrogen) atoms. The van der Waals surface area contributed by atoms with E-state index in [0.29, 0.717) is 10.9 Å². The SMILES string of the molecule is Cc1ccc(S(=O)(=O)Cc2nc(-c3cccc(C(F)(F)F)c3)c3ccccc3n2)cc1. The Morgan fingerprint density at radius 3 is 2.29 bits per heavy atom. The van der Waals surface area contributed by atoms with Crippen molar-refractivity contribution in [1.82, 2.24) is 9.97 Å². The van der Waals surface area contributed by atoms with Crippen LogP contribution < -0.4 is 0 Å². The lowest BCUT2D eigenvalue weighted by atomic mass is 10.0. The van der Waals surface area contributed by atoms with Gasteiger partial charge in [0.15, 0.2) is 9.84 Å². The normalized spacial score (nSPS) is 12.3. The van der Waals surface area contributed by atoms with E-state index in [1.165, 1.54) is 24.3 Å². The summed E-state index contributed by atoms with van der Waals surface area (Å²) in [5.74, 6) is -0.445. The number of para-hydroxylation sites is 1. The van der Waals surface area contributed by atoms with Gasteiger partial charge in [0.05, 0.1) is 21.7 Å². The molecule has 0 atom stereocenters. The zero-order valence-electron chi connectivity index (χ0n) is 16.4. The Morgan fingerprint density at radius 1 is 0.871 bits per heavy atom. The lowest BCUT2D eigenvalue weighted by Crippen LogP contribution is -2.09. The van der Waals surface area contributed by atoms with Crippen LogP contribution in [0.25, 0.3) is 22.2 Å². The molecule has 0 fully saturated rings. The molecule has 0 unspecified atom stereocenters. The van der Waals surface area contributed by atoms with Gasteiger partial charge in [0.25, 0.3) is 0 Å². The van der Waals surface area contributed by atoms with Crippen LogP contribution >= 0.6 is 0 Å². The molecule has 1 heterocycles. The highest BCUT2D eigenvalue weighted by Crippen LogP contribution is 2.33. The Kier molecular flexibility index (Phi) is 5.26. The van der Waals surface area contributed by atoms with Crippen LogP contribution in [0.5, 0.6) is 0 Å². The molecule has 0 aliphatic rings. The summed E-state index contributed by atoms with van der Waals surface area (Å²) < 4.78 is 65.3. The van der Waals surface area contributed by atoms with Crippen molar-refractivity contribution in [2.24, 2.45) is 0 Å². The second-order valence-corrected chi connectivity index (χ2v) is 9.15. The topological polar surface area (TPSA) is 59.9 Å². The first kappa shape index (κ1) is 21.0. The Bertz CT molecular complexity index is 1370. The number of sulfone groups is 1. The van der Waals surface area contributed by atoms with Crippen molar-refractivity contribution in [3.63, 3.8) is 0 Å². The van der Waals surface area contributed by atoms with E-state index in [-0.39, 0.29) is 22.0 Å². The molecule has 4 aromatic rings. The summed E-state index contributed by atoms with van der Waals surface area (Å²) in [6, 6.07) is 18.1. The second-order valence-electron chi connectivity index (χ2n) is 7.16. The molecule has 0 spiro atoms. The molecule has 3 aromatic carbocycles. The minimum atomic E-state index is -4.50. The molecule has 0 aliphatic carbocycles. The van der Waals surface area contributed by atoms with E-state index >= 15 is 0 Å². The first-order valence-electron chi connectivity index (χ1n) is 9.36. The molecule has 4 nitrogen and oxygen atoms in total. The summed E-state index contributed by atoms with van der Waals surface area (Å²) in [5.41, 5.74) is 1.07. The zero-order chi connectivity index (χ0) is 22.2. The van der Waals surface area contributed by atoms with Gasteiger partial charge in [-0.05, 0) is 37.3 Å². The summed E-state index contributed by atoms with van der Waals surface area (Å²) in [7, 11) is -3.73. The van der Waals surface area contributed by atoms with E-state index in [2.05, 4.69) is 9.97 Å². The molecule has 4 rings (SSSR count). The second kappa shape index (κ2) is 7.77. The molecule has 0 bridgehead atoms. The predicted octanol–water partition coefficient (Wildman–Crippen LogP) is 5.60. The van der Waals surface area contributed by atoms with Crippen molar-refractivity contribution < 1.29 is 21.6 Å². The lowest BCUT2D eigenvalue weighted by Gasteiger charge is -2.12. The van der Waals surface area contributed by atoms with Crippen LogP contribution in [0.1, 0.15) is 17.0 Å². The largest absolute Gasteiger partial charge is 0.416 e. The highest BCUT2D eigenvalue weighted by molar-refractivity contribution is 7.90. The van der Waals surface area contributed by atoms with Crippen LogP contribution in [0.15, 0.2) is 77.7 Å². The fourth-order valence-electron chi connectivity index (χ4n) is 3.25. The number of halogens is 3. The number of aryl methyl sites for hydroxylation is 1. The van der Waals surface area contributed by atoms with Crippen LogP contribution in [0.2, 0.25) is 0 Å². The predicted molar refractivity (Wildman–Crippen MR) is 112 cm³/mol. The molecule has 0 N–H and O–H groups in total. The molecular weight excluding hydrogens is 425 g/mol. The number of aromatic nitrogens is 2. The molecule has 0 aliphatic heterocycles. The summed E-state index contributed by atoms with van der Waals surface area (Å²) in [6.07, 6.45) is -4.50. The summed E-state index contributed by atoms with van der Waals surface area (Å²) >= 11 is 0. The van der Waals surface area contributed by atoms with E-state index in [0.717, 1.165) is 17.7 Å². The van der Waals surface area contributed by atoms with Crippen LogP contribution in [0, 0.1) is 6.92 Å². The van der Waals surface area contributed by atoms with E-state index in [4.69, 9.17) is 0 Å². The van der Waals surface area contributed by atoms with Crippen molar-refractivity contribution in [3.05, 3.63) is 89.7 Å². The van der Waals surface area contributed by atoms with Gasteiger partial charge in [-0.2, -0.15) is 13.2 Å². The summed E-state index contributed by atoms with van der Waals surface area (Å²) in [5, 5.41) is 0.540. The van der Waals surface area contributed by atoms with Gasteiger partial charge in [0, 0.05) is 10.9 Å². The van der Waals surface area contributed by atoms with Crippen LogP contribution in [-0.4, -0.2) is 18.4 Å². The molecule has 8 heteroatoms. The molecule has 158 valence electrons. The van der Waals surface area contributed by atoms with Gasteiger partial charge in [0.2, 0.25) is 0 Å². The van der Waals surface area contributed by atoms with E-state index in [9.17, 15) is 21.6 Å². The minimum Gasteiger partial charge on any atom is -0.232 e. The van der Waals surface area contributed by atoms with E-state index in [1.54, 1.807) is 36.4 Å². The third-order valence-electron chi connectivity index (χ3n) is 4.81. The Balaban J connectivity index is 1.83. The highest BCUT2D eigenvalue weighted by atomic mass is 32.2. The number of alkyl halides is 3. The summed E-state index contributed by atoms with van der Waals surface area (Å²) in [6.45, 7) is 1.85. The van der Waals surface area contributed by atoms with E-state index in [1.807, 2.05) is 6.92 Å². The monoisotopic (exact) mass is 442 g/mol. The fourth-order valence-corrected chi connectivity index (χ4v) is 4.44. The number of hydrogen-bond donors (Lipinski definition) is 0. The highest BCUT2D eigenvalue weighted by Gasteiger charge is 2.30. The zero-order valence-corrected chi connectivity index (χ0v) is 17.2. The smallest absolute Gasteiger partial charge is 0.232 e. The number of fused-ring (bicyclic) bond motifs is 1. The molecule has 1 aromatic heterocycles. The fraction of sp³-hybridized carbons (Fsp3) is 0.130. The van der Waals surface area contributed by atoms with Crippen LogP contribution in [-0.2, 0) is 21.8 Å².